The molecule has 0 saturated carbocycles. The number of hydrogen-bond donors (Lipinski definition) is 1. The minimum absolute atomic E-state index is 0.206. The maximum atomic E-state index is 12.7. The van der Waals surface area contributed by atoms with E-state index in [0.29, 0.717) is 18.3 Å². The first-order valence-electron chi connectivity index (χ1n) is 6.44. The predicted octanol–water partition coefficient (Wildman–Crippen LogP) is 1.91. The highest BCUT2D eigenvalue weighted by Gasteiger charge is 2.29. The Labute approximate surface area is 107 Å². The van der Waals surface area contributed by atoms with Crippen LogP contribution in [0.1, 0.15) is 13.3 Å². The topological polar surface area (TPSA) is 32.7 Å². The van der Waals surface area contributed by atoms with Gasteiger partial charge in [-0.1, -0.05) is 6.92 Å². The van der Waals surface area contributed by atoms with Gasteiger partial charge in [0, 0.05) is 12.6 Å². The molecule has 0 aliphatic carbocycles. The molecular formula is C14H20FNO2. The third kappa shape index (κ3) is 3.21. The number of rotatable bonds is 5. The van der Waals surface area contributed by atoms with E-state index >= 15 is 0 Å². The maximum absolute atomic E-state index is 12.7. The largest absolute Gasteiger partial charge is 0.492 e. The highest BCUT2D eigenvalue weighted by molar-refractivity contribution is 5.21. The average molecular weight is 253 g/mol. The third-order valence-electron chi connectivity index (χ3n) is 3.65. The molecule has 2 rings (SSSR count). The van der Waals surface area contributed by atoms with Crippen molar-refractivity contribution in [3.63, 3.8) is 0 Å². The van der Waals surface area contributed by atoms with Crippen LogP contribution in [0.2, 0.25) is 0 Å². The summed E-state index contributed by atoms with van der Waals surface area (Å²) in [5.74, 6) is 0.973. The van der Waals surface area contributed by atoms with Crippen molar-refractivity contribution in [1.82, 2.24) is 4.90 Å². The Morgan fingerprint density at radius 2 is 2.11 bits per heavy atom. The lowest BCUT2D eigenvalue weighted by molar-refractivity contribution is 0.123. The zero-order valence-electron chi connectivity index (χ0n) is 10.7. The number of halogens is 1. The molecule has 1 aromatic rings. The SMILES string of the molecule is CC1CCN(CCOc2ccc(F)cc2)C1CO. The molecule has 0 spiro atoms. The maximum Gasteiger partial charge on any atom is 0.123 e. The van der Waals surface area contributed by atoms with E-state index in [1.54, 1.807) is 12.1 Å². The lowest BCUT2D eigenvalue weighted by atomic mass is 10.0. The summed E-state index contributed by atoms with van der Waals surface area (Å²) in [7, 11) is 0. The smallest absolute Gasteiger partial charge is 0.123 e. The zero-order valence-corrected chi connectivity index (χ0v) is 10.7. The van der Waals surface area contributed by atoms with Crippen molar-refractivity contribution < 1.29 is 14.2 Å². The molecule has 1 fully saturated rings. The van der Waals surface area contributed by atoms with Gasteiger partial charge in [-0.3, -0.25) is 4.90 Å². The Bertz CT molecular complexity index is 369. The Morgan fingerprint density at radius 1 is 1.39 bits per heavy atom. The third-order valence-corrected chi connectivity index (χ3v) is 3.65. The summed E-state index contributed by atoms with van der Waals surface area (Å²) in [6.07, 6.45) is 1.13. The van der Waals surface area contributed by atoms with Gasteiger partial charge in [0.15, 0.2) is 0 Å². The molecule has 2 unspecified atom stereocenters. The fourth-order valence-electron chi connectivity index (χ4n) is 2.47. The molecule has 0 bridgehead atoms. The van der Waals surface area contributed by atoms with Crippen molar-refractivity contribution in [3.05, 3.63) is 30.1 Å². The molecule has 1 aliphatic rings. The van der Waals surface area contributed by atoms with Crippen molar-refractivity contribution in [2.45, 2.75) is 19.4 Å². The molecule has 1 N–H and O–H groups in total. The van der Waals surface area contributed by atoms with Gasteiger partial charge < -0.3 is 9.84 Å². The van der Waals surface area contributed by atoms with Crippen molar-refractivity contribution in [3.8, 4) is 5.75 Å². The van der Waals surface area contributed by atoms with E-state index in [2.05, 4.69) is 11.8 Å². The van der Waals surface area contributed by atoms with Crippen molar-refractivity contribution in [1.29, 1.82) is 0 Å². The van der Waals surface area contributed by atoms with Gasteiger partial charge in [-0.25, -0.2) is 4.39 Å². The lowest BCUT2D eigenvalue weighted by Gasteiger charge is -2.24. The second-order valence-electron chi connectivity index (χ2n) is 4.85. The molecule has 18 heavy (non-hydrogen) atoms. The van der Waals surface area contributed by atoms with E-state index in [-0.39, 0.29) is 18.5 Å². The molecule has 1 aromatic carbocycles. The number of hydrogen-bond acceptors (Lipinski definition) is 3. The quantitative estimate of drug-likeness (QED) is 0.870. The number of likely N-dealkylation sites (tertiary alicyclic amines) is 1. The molecule has 0 aromatic heterocycles. The number of ether oxygens (including phenoxy) is 1. The summed E-state index contributed by atoms with van der Waals surface area (Å²) in [5.41, 5.74) is 0. The van der Waals surface area contributed by atoms with Crippen LogP contribution in [0.4, 0.5) is 4.39 Å². The summed E-state index contributed by atoms with van der Waals surface area (Å²) in [5, 5.41) is 9.33. The van der Waals surface area contributed by atoms with Gasteiger partial charge in [0.05, 0.1) is 6.61 Å². The lowest BCUT2D eigenvalue weighted by Crippen LogP contribution is -2.37. The van der Waals surface area contributed by atoms with E-state index in [4.69, 9.17) is 4.74 Å². The van der Waals surface area contributed by atoms with E-state index in [9.17, 15) is 9.50 Å². The van der Waals surface area contributed by atoms with Gasteiger partial charge in [-0.2, -0.15) is 0 Å². The number of aliphatic hydroxyl groups is 1. The van der Waals surface area contributed by atoms with Crippen LogP contribution >= 0.6 is 0 Å². The number of nitrogens with zero attached hydrogens (tertiary/aromatic N) is 1. The Morgan fingerprint density at radius 3 is 2.78 bits per heavy atom. The van der Waals surface area contributed by atoms with Crippen LogP contribution in [-0.2, 0) is 0 Å². The minimum Gasteiger partial charge on any atom is -0.492 e. The summed E-state index contributed by atoms with van der Waals surface area (Å²) >= 11 is 0. The molecule has 0 amide bonds. The molecule has 0 radical (unpaired) electrons. The molecule has 1 aliphatic heterocycles. The highest BCUT2D eigenvalue weighted by atomic mass is 19.1. The van der Waals surface area contributed by atoms with Crippen molar-refractivity contribution in [2.75, 3.05) is 26.3 Å². The van der Waals surface area contributed by atoms with Gasteiger partial charge in [0.2, 0.25) is 0 Å². The molecule has 1 saturated heterocycles. The second kappa shape index (κ2) is 6.16. The summed E-state index contributed by atoms with van der Waals surface area (Å²) in [6.45, 7) is 4.75. The van der Waals surface area contributed by atoms with Crippen LogP contribution in [0.15, 0.2) is 24.3 Å². The van der Waals surface area contributed by atoms with Crippen LogP contribution in [-0.4, -0.2) is 42.4 Å². The first-order chi connectivity index (χ1) is 8.70. The van der Waals surface area contributed by atoms with E-state index in [1.807, 2.05) is 0 Å². The van der Waals surface area contributed by atoms with E-state index < -0.39 is 0 Å². The van der Waals surface area contributed by atoms with Gasteiger partial charge in [-0.15, -0.1) is 0 Å². The first kappa shape index (κ1) is 13.3. The summed E-state index contributed by atoms with van der Waals surface area (Å²) < 4.78 is 18.3. The van der Waals surface area contributed by atoms with Crippen LogP contribution < -0.4 is 4.74 Å². The van der Waals surface area contributed by atoms with Crippen molar-refractivity contribution >= 4 is 0 Å². The van der Waals surface area contributed by atoms with Crippen LogP contribution in [0, 0.1) is 11.7 Å². The Kier molecular flexibility index (Phi) is 4.55. The van der Waals surface area contributed by atoms with Crippen molar-refractivity contribution in [2.24, 2.45) is 5.92 Å². The van der Waals surface area contributed by atoms with Gasteiger partial charge in [0.1, 0.15) is 18.2 Å². The molecule has 3 nitrogen and oxygen atoms in total. The molecular weight excluding hydrogens is 233 g/mol. The summed E-state index contributed by atoms with van der Waals surface area (Å²) in [6, 6.07) is 6.30. The molecule has 2 atom stereocenters. The van der Waals surface area contributed by atoms with E-state index in [1.165, 1.54) is 12.1 Å². The Hall–Kier alpha value is -1.13. The monoisotopic (exact) mass is 253 g/mol. The first-order valence-corrected chi connectivity index (χ1v) is 6.44. The fourth-order valence-corrected chi connectivity index (χ4v) is 2.47. The van der Waals surface area contributed by atoms with Crippen LogP contribution in [0.25, 0.3) is 0 Å². The normalized spacial score (nSPS) is 24.4. The van der Waals surface area contributed by atoms with Crippen LogP contribution in [0.3, 0.4) is 0 Å². The zero-order chi connectivity index (χ0) is 13.0. The van der Waals surface area contributed by atoms with Crippen LogP contribution in [0.5, 0.6) is 5.75 Å². The molecule has 100 valence electrons. The fraction of sp³-hybridized carbons (Fsp3) is 0.571. The number of benzene rings is 1. The van der Waals surface area contributed by atoms with Gasteiger partial charge >= 0.3 is 0 Å². The van der Waals surface area contributed by atoms with Gasteiger partial charge in [0.25, 0.3) is 0 Å². The predicted molar refractivity (Wildman–Crippen MR) is 68.1 cm³/mol. The van der Waals surface area contributed by atoms with Gasteiger partial charge in [-0.05, 0) is 43.1 Å². The molecule has 4 heteroatoms. The average Bonchev–Trinajstić information content (AvgIpc) is 2.72. The minimum atomic E-state index is -0.254. The Balaban J connectivity index is 1.77. The molecule has 1 heterocycles. The van der Waals surface area contributed by atoms with E-state index in [0.717, 1.165) is 19.5 Å². The second-order valence-corrected chi connectivity index (χ2v) is 4.85. The highest BCUT2D eigenvalue weighted by Crippen LogP contribution is 2.23. The number of aliphatic hydroxyl groups excluding tert-OH is 1. The standard InChI is InChI=1S/C14H20FNO2/c1-11-6-7-16(14(11)10-17)8-9-18-13-4-2-12(15)3-5-13/h2-5,11,14,17H,6-10H2,1H3. The summed E-state index contributed by atoms with van der Waals surface area (Å²) in [4.78, 5) is 2.26.